The molecule has 0 fully saturated rings. The molecule has 0 atom stereocenters. The third-order valence-corrected chi connectivity index (χ3v) is 2.68. The number of aryl methyl sites for hydroxylation is 3. The molecule has 1 heterocycles. The molecular formula is C12H15N5O. The molecule has 1 N–H and O–H groups in total. The molecule has 94 valence electrons. The van der Waals surface area contributed by atoms with Crippen LogP contribution in [-0.2, 0) is 6.54 Å². The zero-order valence-electron chi connectivity index (χ0n) is 10.6. The second-order valence-electron chi connectivity index (χ2n) is 4.09. The first-order valence-electron chi connectivity index (χ1n) is 5.76. The Morgan fingerprint density at radius 3 is 2.83 bits per heavy atom. The highest BCUT2D eigenvalue weighted by atomic mass is 16.1. The molecule has 0 radical (unpaired) electrons. The van der Waals surface area contributed by atoms with Crippen molar-refractivity contribution in [2.75, 3.05) is 5.32 Å². The summed E-state index contributed by atoms with van der Waals surface area (Å²) in [4.78, 5) is 12.1. The van der Waals surface area contributed by atoms with Gasteiger partial charge in [0.15, 0.2) is 0 Å². The lowest BCUT2D eigenvalue weighted by Crippen LogP contribution is -2.17. The number of anilines is 1. The van der Waals surface area contributed by atoms with Crippen molar-refractivity contribution in [2.24, 2.45) is 0 Å². The highest BCUT2D eigenvalue weighted by Gasteiger charge is 2.12. The lowest BCUT2D eigenvalue weighted by atomic mass is 10.1. The number of carbonyl (C=O) groups excluding carboxylic acids is 1. The van der Waals surface area contributed by atoms with Crippen molar-refractivity contribution < 1.29 is 4.79 Å². The quantitative estimate of drug-likeness (QED) is 0.890. The molecule has 2 aromatic rings. The van der Waals surface area contributed by atoms with Crippen LogP contribution in [0.4, 0.5) is 5.95 Å². The zero-order valence-corrected chi connectivity index (χ0v) is 10.6. The largest absolute Gasteiger partial charge is 0.289 e. The summed E-state index contributed by atoms with van der Waals surface area (Å²) < 4.78 is 1.53. The van der Waals surface area contributed by atoms with Gasteiger partial charge in [0.25, 0.3) is 5.91 Å². The minimum Gasteiger partial charge on any atom is -0.289 e. The molecule has 0 spiro atoms. The van der Waals surface area contributed by atoms with Gasteiger partial charge in [-0.25, -0.2) is 4.68 Å². The zero-order chi connectivity index (χ0) is 13.1. The Balaban J connectivity index is 2.22. The molecule has 2 rings (SSSR count). The SMILES string of the molecule is CCn1nnnc1NC(=O)c1ccc(C)cc1C. The van der Waals surface area contributed by atoms with Crippen molar-refractivity contribution in [1.29, 1.82) is 0 Å². The maximum absolute atomic E-state index is 12.1. The van der Waals surface area contributed by atoms with Gasteiger partial charge in [-0.3, -0.25) is 10.1 Å². The van der Waals surface area contributed by atoms with Crippen LogP contribution >= 0.6 is 0 Å². The number of aromatic nitrogens is 4. The number of tetrazole rings is 1. The van der Waals surface area contributed by atoms with Crippen molar-refractivity contribution in [3.05, 3.63) is 34.9 Å². The molecule has 18 heavy (non-hydrogen) atoms. The van der Waals surface area contributed by atoms with Gasteiger partial charge in [0, 0.05) is 12.1 Å². The lowest BCUT2D eigenvalue weighted by Gasteiger charge is -2.07. The molecule has 1 aromatic heterocycles. The van der Waals surface area contributed by atoms with Crippen LogP contribution in [-0.4, -0.2) is 26.1 Å². The molecule has 0 saturated carbocycles. The molecular weight excluding hydrogens is 230 g/mol. The summed E-state index contributed by atoms with van der Waals surface area (Å²) in [7, 11) is 0. The first kappa shape index (κ1) is 12.2. The van der Waals surface area contributed by atoms with E-state index in [1.165, 1.54) is 4.68 Å². The monoisotopic (exact) mass is 245 g/mol. The smallest absolute Gasteiger partial charge is 0.258 e. The van der Waals surface area contributed by atoms with Crippen LogP contribution in [0.2, 0.25) is 0 Å². The van der Waals surface area contributed by atoms with E-state index < -0.39 is 0 Å². The van der Waals surface area contributed by atoms with Crippen molar-refractivity contribution in [3.8, 4) is 0 Å². The first-order valence-corrected chi connectivity index (χ1v) is 5.76. The van der Waals surface area contributed by atoms with Crippen LogP contribution in [0.1, 0.15) is 28.4 Å². The molecule has 0 unspecified atom stereocenters. The van der Waals surface area contributed by atoms with Gasteiger partial charge in [-0.15, -0.1) is 0 Å². The second-order valence-corrected chi connectivity index (χ2v) is 4.09. The molecule has 0 bridgehead atoms. The van der Waals surface area contributed by atoms with Crippen molar-refractivity contribution in [2.45, 2.75) is 27.3 Å². The van der Waals surface area contributed by atoms with E-state index in [2.05, 4.69) is 20.8 Å². The molecule has 0 saturated heterocycles. The van der Waals surface area contributed by atoms with E-state index in [0.717, 1.165) is 11.1 Å². The average Bonchev–Trinajstić information content (AvgIpc) is 2.76. The maximum atomic E-state index is 12.1. The molecule has 0 aliphatic heterocycles. The van der Waals surface area contributed by atoms with Crippen LogP contribution in [0.15, 0.2) is 18.2 Å². The summed E-state index contributed by atoms with van der Waals surface area (Å²) >= 11 is 0. The molecule has 1 aromatic carbocycles. The summed E-state index contributed by atoms with van der Waals surface area (Å²) in [5.41, 5.74) is 2.69. The Bertz CT molecular complexity index is 576. The summed E-state index contributed by atoms with van der Waals surface area (Å²) in [6.45, 7) is 6.41. The van der Waals surface area contributed by atoms with Crippen molar-refractivity contribution >= 4 is 11.9 Å². The minimum atomic E-state index is -0.197. The number of nitrogens with one attached hydrogen (secondary N) is 1. The van der Waals surface area contributed by atoms with Gasteiger partial charge in [-0.2, -0.15) is 0 Å². The van der Waals surface area contributed by atoms with Gasteiger partial charge in [0.2, 0.25) is 5.95 Å². The summed E-state index contributed by atoms with van der Waals surface area (Å²) in [5, 5.41) is 13.8. The number of rotatable bonds is 3. The Morgan fingerprint density at radius 1 is 1.39 bits per heavy atom. The lowest BCUT2D eigenvalue weighted by molar-refractivity contribution is 0.102. The maximum Gasteiger partial charge on any atom is 0.258 e. The van der Waals surface area contributed by atoms with Gasteiger partial charge < -0.3 is 0 Å². The normalized spacial score (nSPS) is 10.4. The molecule has 6 nitrogen and oxygen atoms in total. The highest BCUT2D eigenvalue weighted by Crippen LogP contribution is 2.12. The van der Waals surface area contributed by atoms with Gasteiger partial charge in [-0.1, -0.05) is 22.8 Å². The number of amides is 1. The number of nitrogens with zero attached hydrogens (tertiary/aromatic N) is 4. The van der Waals surface area contributed by atoms with E-state index >= 15 is 0 Å². The number of hydrogen-bond donors (Lipinski definition) is 1. The predicted molar refractivity (Wildman–Crippen MR) is 67.4 cm³/mol. The fourth-order valence-electron chi connectivity index (χ4n) is 1.74. The van der Waals surface area contributed by atoms with Gasteiger partial charge in [0.1, 0.15) is 0 Å². The second kappa shape index (κ2) is 4.95. The van der Waals surface area contributed by atoms with Crippen LogP contribution in [0.3, 0.4) is 0 Å². The van der Waals surface area contributed by atoms with Crippen molar-refractivity contribution in [1.82, 2.24) is 20.2 Å². The molecule has 0 aliphatic carbocycles. The summed E-state index contributed by atoms with van der Waals surface area (Å²) in [6, 6.07) is 5.68. The first-order chi connectivity index (χ1) is 8.61. The van der Waals surface area contributed by atoms with E-state index in [0.29, 0.717) is 18.1 Å². The third kappa shape index (κ3) is 2.37. The molecule has 1 amide bonds. The van der Waals surface area contributed by atoms with Crippen molar-refractivity contribution in [3.63, 3.8) is 0 Å². The standard InChI is InChI=1S/C12H15N5O/c1-4-17-12(14-15-16-17)13-11(18)10-6-5-8(2)7-9(10)3/h5-7H,4H2,1-3H3,(H,13,14,16,18). The fourth-order valence-corrected chi connectivity index (χ4v) is 1.74. The molecule has 6 heteroatoms. The van der Waals surface area contributed by atoms with Crippen LogP contribution in [0, 0.1) is 13.8 Å². The average molecular weight is 245 g/mol. The third-order valence-electron chi connectivity index (χ3n) is 2.68. The predicted octanol–water partition coefficient (Wildman–Crippen LogP) is 1.56. The highest BCUT2D eigenvalue weighted by molar-refractivity contribution is 6.04. The number of benzene rings is 1. The van der Waals surface area contributed by atoms with E-state index in [1.54, 1.807) is 6.07 Å². The Kier molecular flexibility index (Phi) is 3.36. The van der Waals surface area contributed by atoms with E-state index in [1.807, 2.05) is 32.9 Å². The Labute approximate surface area is 105 Å². The van der Waals surface area contributed by atoms with Gasteiger partial charge in [-0.05, 0) is 42.8 Å². The Morgan fingerprint density at radius 2 is 2.17 bits per heavy atom. The van der Waals surface area contributed by atoms with Gasteiger partial charge >= 0.3 is 0 Å². The van der Waals surface area contributed by atoms with Gasteiger partial charge in [0.05, 0.1) is 0 Å². The number of hydrogen-bond acceptors (Lipinski definition) is 4. The number of carbonyl (C=O) groups is 1. The Hall–Kier alpha value is -2.24. The fraction of sp³-hybridized carbons (Fsp3) is 0.333. The van der Waals surface area contributed by atoms with E-state index in [9.17, 15) is 4.79 Å². The van der Waals surface area contributed by atoms with E-state index in [4.69, 9.17) is 0 Å². The summed E-state index contributed by atoms with van der Waals surface area (Å²) in [5.74, 6) is 0.166. The topological polar surface area (TPSA) is 72.7 Å². The summed E-state index contributed by atoms with van der Waals surface area (Å²) in [6.07, 6.45) is 0. The minimum absolute atomic E-state index is 0.197. The van der Waals surface area contributed by atoms with Crippen LogP contribution in [0.5, 0.6) is 0 Å². The molecule has 0 aliphatic rings. The van der Waals surface area contributed by atoms with E-state index in [-0.39, 0.29) is 5.91 Å². The van der Waals surface area contributed by atoms with Crippen LogP contribution < -0.4 is 5.32 Å². The van der Waals surface area contributed by atoms with Crippen LogP contribution in [0.25, 0.3) is 0 Å².